The van der Waals surface area contributed by atoms with Crippen LogP contribution in [0, 0.1) is 40.4 Å². The van der Waals surface area contributed by atoms with Gasteiger partial charge < -0.3 is 39.6 Å². The molecule has 1 unspecified atom stereocenters. The third kappa shape index (κ3) is 15.4. The van der Waals surface area contributed by atoms with E-state index in [0.717, 1.165) is 9.80 Å². The molecule has 0 saturated carbocycles. The first-order valence-electron chi connectivity index (χ1n) is 5.87. The Hall–Kier alpha value is 0.138. The Bertz CT molecular complexity index is 391. The van der Waals surface area contributed by atoms with Crippen LogP contribution in [0.15, 0.2) is 0 Å². The SMILES string of the molecule is CC(CN(CC(=O)[O-])CC(=O)[O-])N(CC(=O)[O-])CC(=O)[O-].[Na+].[Sm+3]. The maximum atomic E-state index is 10.5. The number of nitrogens with zero attached hydrogens (tertiary/aromatic N) is 2. The van der Waals surface area contributed by atoms with E-state index in [1.165, 1.54) is 6.92 Å². The van der Waals surface area contributed by atoms with E-state index in [1.807, 2.05) is 0 Å². The molecule has 0 amide bonds. The fraction of sp³-hybridized carbons (Fsp3) is 0.636. The molecule has 0 aliphatic carbocycles. The van der Waals surface area contributed by atoms with Crippen molar-refractivity contribution in [1.29, 1.82) is 0 Å². The molecule has 0 bridgehead atoms. The maximum Gasteiger partial charge on any atom is 3.00 e. The first kappa shape index (κ1) is 28.0. The van der Waals surface area contributed by atoms with E-state index in [2.05, 4.69) is 0 Å². The van der Waals surface area contributed by atoms with Crippen molar-refractivity contribution < 1.29 is 110 Å². The van der Waals surface area contributed by atoms with E-state index >= 15 is 0 Å². The molecule has 12 heteroatoms. The molecule has 0 spiro atoms. The van der Waals surface area contributed by atoms with Crippen molar-refractivity contribution in [2.45, 2.75) is 13.0 Å². The van der Waals surface area contributed by atoms with Crippen LogP contribution in [0.4, 0.5) is 0 Å². The van der Waals surface area contributed by atoms with Gasteiger partial charge in [0.2, 0.25) is 0 Å². The molecule has 0 aliphatic rings. The Morgan fingerprint density at radius 2 is 1.09 bits per heavy atom. The second-order valence-electron chi connectivity index (χ2n) is 4.41. The van der Waals surface area contributed by atoms with Crippen molar-refractivity contribution in [3.63, 3.8) is 0 Å². The molecule has 0 N–H and O–H groups in total. The molecule has 0 aromatic rings. The van der Waals surface area contributed by atoms with Crippen molar-refractivity contribution in [3.8, 4) is 0 Å². The topological polar surface area (TPSA) is 167 Å². The monoisotopic (exact) mass is 477 g/mol. The number of carboxylic acids is 4. The van der Waals surface area contributed by atoms with Crippen LogP contribution in [0.1, 0.15) is 6.92 Å². The molecule has 1 atom stereocenters. The van der Waals surface area contributed by atoms with E-state index in [-0.39, 0.29) is 76.5 Å². The minimum absolute atomic E-state index is 0. The summed E-state index contributed by atoms with van der Waals surface area (Å²) in [4.78, 5) is 44.0. The van der Waals surface area contributed by atoms with Crippen LogP contribution in [-0.2, 0) is 19.2 Å². The maximum absolute atomic E-state index is 10.5. The van der Waals surface area contributed by atoms with Gasteiger partial charge in [-0.15, -0.1) is 0 Å². The van der Waals surface area contributed by atoms with Gasteiger partial charge in [-0.05, 0) is 6.92 Å². The fourth-order valence-electron chi connectivity index (χ4n) is 1.74. The number of carbonyl (C=O) groups is 4. The summed E-state index contributed by atoms with van der Waals surface area (Å²) in [6.07, 6.45) is 0. The summed E-state index contributed by atoms with van der Waals surface area (Å²) in [5.41, 5.74) is 0. The summed E-state index contributed by atoms with van der Waals surface area (Å²) in [7, 11) is 0. The molecular weight excluding hydrogens is 461 g/mol. The molecule has 1 radical (unpaired) electrons. The Labute approximate surface area is 187 Å². The Morgan fingerprint density at radius 3 is 1.35 bits per heavy atom. The van der Waals surface area contributed by atoms with Crippen LogP contribution >= 0.6 is 0 Å². The van der Waals surface area contributed by atoms with E-state index in [4.69, 9.17) is 0 Å². The molecule has 0 fully saturated rings. The average molecular weight is 476 g/mol. The third-order valence-corrected chi connectivity index (χ3v) is 2.52. The standard InChI is InChI=1S/C11H18N2O8.Na.Sm/c1-7(13(5-10(18)19)6-11(20)21)2-12(3-8(14)15)4-9(16)17;;/h7H,2-6H2,1H3,(H,14,15)(H,16,17)(H,18,19)(H,20,21);;/q;+1;+3/p-4. The van der Waals surface area contributed by atoms with E-state index in [9.17, 15) is 39.6 Å². The zero-order valence-electron chi connectivity index (χ0n) is 12.7. The Morgan fingerprint density at radius 1 is 0.783 bits per heavy atom. The zero-order chi connectivity index (χ0) is 16.6. The van der Waals surface area contributed by atoms with Crippen LogP contribution in [0.25, 0.3) is 0 Å². The second-order valence-corrected chi connectivity index (χ2v) is 4.41. The first-order chi connectivity index (χ1) is 9.61. The first-order valence-corrected chi connectivity index (χ1v) is 5.87. The van der Waals surface area contributed by atoms with Gasteiger partial charge in [-0.1, -0.05) is 0 Å². The summed E-state index contributed by atoms with van der Waals surface area (Å²) in [6, 6.07) is -0.778. The van der Waals surface area contributed by atoms with Gasteiger partial charge in [0, 0.05) is 38.8 Å². The minimum atomic E-state index is -1.53. The summed E-state index contributed by atoms with van der Waals surface area (Å²) < 4.78 is 0. The van der Waals surface area contributed by atoms with E-state index in [0.29, 0.717) is 0 Å². The van der Waals surface area contributed by atoms with Crippen LogP contribution in [0.5, 0.6) is 0 Å². The Balaban J connectivity index is -0.00000200. The number of carbonyl (C=O) groups excluding carboxylic acids is 4. The Kier molecular flexibility index (Phi) is 17.6. The smallest absolute Gasteiger partial charge is 0.549 e. The van der Waals surface area contributed by atoms with Gasteiger partial charge in [0.25, 0.3) is 0 Å². The number of hydrogen-bond donors (Lipinski definition) is 0. The summed E-state index contributed by atoms with van der Waals surface area (Å²) in [6.45, 7) is -1.70. The van der Waals surface area contributed by atoms with Crippen molar-refractivity contribution in [2.24, 2.45) is 0 Å². The quantitative estimate of drug-likeness (QED) is 0.262. The molecule has 0 saturated heterocycles. The molecule has 0 heterocycles. The van der Waals surface area contributed by atoms with Gasteiger partial charge in [-0.3, -0.25) is 9.80 Å². The zero-order valence-corrected chi connectivity index (χ0v) is 17.3. The minimum Gasteiger partial charge on any atom is -0.549 e. The summed E-state index contributed by atoms with van der Waals surface area (Å²) in [5, 5.41) is 42.1. The third-order valence-electron chi connectivity index (χ3n) is 2.52. The molecule has 123 valence electrons. The van der Waals surface area contributed by atoms with Crippen LogP contribution < -0.4 is 50.0 Å². The molecule has 0 rings (SSSR count). The largest absolute Gasteiger partial charge is 3.00 e. The van der Waals surface area contributed by atoms with Crippen LogP contribution in [0.3, 0.4) is 0 Å². The van der Waals surface area contributed by atoms with Crippen molar-refractivity contribution in [1.82, 2.24) is 9.80 Å². The second kappa shape index (κ2) is 14.5. The van der Waals surface area contributed by atoms with Gasteiger partial charge in [0.05, 0.1) is 23.9 Å². The molecular formula is C11H14N2NaO8Sm. The van der Waals surface area contributed by atoms with E-state index in [1.54, 1.807) is 0 Å². The predicted molar refractivity (Wildman–Crippen MR) is 57.5 cm³/mol. The number of rotatable bonds is 11. The molecule has 0 aromatic heterocycles. The van der Waals surface area contributed by atoms with Crippen LogP contribution in [-0.4, -0.2) is 72.4 Å². The van der Waals surface area contributed by atoms with E-state index < -0.39 is 56.1 Å². The fourth-order valence-corrected chi connectivity index (χ4v) is 1.74. The number of carboxylic acid groups (broad SMARTS) is 4. The van der Waals surface area contributed by atoms with Crippen molar-refractivity contribution >= 4 is 23.9 Å². The van der Waals surface area contributed by atoms with Gasteiger partial charge in [0.1, 0.15) is 0 Å². The van der Waals surface area contributed by atoms with Gasteiger partial charge >= 0.3 is 69.9 Å². The van der Waals surface area contributed by atoms with Crippen LogP contribution in [0.2, 0.25) is 0 Å². The summed E-state index contributed by atoms with van der Waals surface area (Å²) in [5.74, 6) is -6.13. The molecule has 0 aromatic carbocycles. The summed E-state index contributed by atoms with van der Waals surface area (Å²) >= 11 is 0. The average Bonchev–Trinajstić information content (AvgIpc) is 2.24. The van der Waals surface area contributed by atoms with Gasteiger partial charge in [-0.2, -0.15) is 0 Å². The van der Waals surface area contributed by atoms with Crippen molar-refractivity contribution in [2.75, 3.05) is 32.7 Å². The predicted octanol–water partition coefficient (Wildman–Crippen LogP) is -10.0. The molecule has 23 heavy (non-hydrogen) atoms. The number of hydrogen-bond acceptors (Lipinski definition) is 10. The molecule has 0 aliphatic heterocycles. The normalized spacial score (nSPS) is 11.3. The number of aliphatic carboxylic acids is 4. The van der Waals surface area contributed by atoms with Gasteiger partial charge in [0.15, 0.2) is 0 Å². The van der Waals surface area contributed by atoms with Gasteiger partial charge in [-0.25, -0.2) is 0 Å². The molecule has 10 nitrogen and oxygen atoms in total. The van der Waals surface area contributed by atoms with Crippen molar-refractivity contribution in [3.05, 3.63) is 0 Å².